The van der Waals surface area contributed by atoms with Crippen LogP contribution in [0, 0.1) is 0 Å². The first-order valence-corrected chi connectivity index (χ1v) is 8.82. The zero-order chi connectivity index (χ0) is 19.6. The molecule has 0 saturated heterocycles. The van der Waals surface area contributed by atoms with Crippen LogP contribution in [-0.4, -0.2) is 21.7 Å². The number of nitrogens with zero attached hydrogens (tertiary/aromatic N) is 2. The largest absolute Gasteiger partial charge is 0.416 e. The molecule has 3 rings (SSSR count). The summed E-state index contributed by atoms with van der Waals surface area (Å²) in [5, 5.41) is 7.09. The fourth-order valence-corrected chi connectivity index (χ4v) is 3.15. The predicted octanol–water partition coefficient (Wildman–Crippen LogP) is 2.96. The average molecular weight is 379 g/mol. The average Bonchev–Trinajstić information content (AvgIpc) is 2.61. The predicted molar refractivity (Wildman–Crippen MR) is 93.5 cm³/mol. The molecule has 0 saturated carbocycles. The summed E-state index contributed by atoms with van der Waals surface area (Å²) in [5.74, 6) is -0.498. The van der Waals surface area contributed by atoms with Crippen molar-refractivity contribution >= 4 is 5.91 Å². The lowest BCUT2D eigenvalue weighted by Crippen LogP contribution is -2.39. The standard InChI is InChI=1S/C19H20F3N3O2/c1-12(11-25-17(26)10-14-4-2-3-5-16(14)24-25)23-18(27)13-6-8-15(9-7-13)19(20,21)22/h6-10,12H,2-5,11H2,1H3,(H,23,27)/t12-/m0/s1. The van der Waals surface area contributed by atoms with Gasteiger partial charge in [-0.2, -0.15) is 18.3 Å². The highest BCUT2D eigenvalue weighted by Gasteiger charge is 2.30. The number of aryl methyl sites for hydroxylation is 2. The first-order chi connectivity index (χ1) is 12.7. The third-order valence-electron chi connectivity index (χ3n) is 4.57. The summed E-state index contributed by atoms with van der Waals surface area (Å²) in [5.41, 5.74) is 1.01. The Kier molecular flexibility index (Phi) is 5.34. The number of benzene rings is 1. The van der Waals surface area contributed by atoms with Crippen LogP contribution in [0.15, 0.2) is 35.1 Å². The van der Waals surface area contributed by atoms with E-state index in [0.717, 1.165) is 61.2 Å². The molecule has 0 bridgehead atoms. The lowest BCUT2D eigenvalue weighted by atomic mass is 9.97. The minimum absolute atomic E-state index is 0.126. The molecule has 1 heterocycles. The zero-order valence-corrected chi connectivity index (χ0v) is 14.8. The van der Waals surface area contributed by atoms with Crippen molar-refractivity contribution < 1.29 is 18.0 Å². The molecule has 144 valence electrons. The summed E-state index contributed by atoms with van der Waals surface area (Å²) < 4.78 is 39.1. The van der Waals surface area contributed by atoms with E-state index in [-0.39, 0.29) is 17.7 Å². The van der Waals surface area contributed by atoms with Gasteiger partial charge in [-0.1, -0.05) is 0 Å². The molecule has 1 aromatic carbocycles. The van der Waals surface area contributed by atoms with Crippen LogP contribution in [0.25, 0.3) is 0 Å². The number of hydrogen-bond acceptors (Lipinski definition) is 3. The van der Waals surface area contributed by atoms with E-state index < -0.39 is 23.7 Å². The Morgan fingerprint density at radius 3 is 2.56 bits per heavy atom. The number of nitrogens with one attached hydrogen (secondary N) is 1. The molecule has 2 aromatic rings. The normalized spacial score (nSPS) is 15.1. The summed E-state index contributed by atoms with van der Waals surface area (Å²) in [6.07, 6.45) is -0.655. The van der Waals surface area contributed by atoms with E-state index in [4.69, 9.17) is 0 Å². The first-order valence-electron chi connectivity index (χ1n) is 8.82. The molecule has 0 fully saturated rings. The van der Waals surface area contributed by atoms with Gasteiger partial charge in [0.25, 0.3) is 11.5 Å². The lowest BCUT2D eigenvalue weighted by molar-refractivity contribution is -0.137. The number of hydrogen-bond donors (Lipinski definition) is 1. The lowest BCUT2D eigenvalue weighted by Gasteiger charge is -2.18. The van der Waals surface area contributed by atoms with Gasteiger partial charge in [0.15, 0.2) is 0 Å². The summed E-state index contributed by atoms with van der Waals surface area (Å²) in [7, 11) is 0. The van der Waals surface area contributed by atoms with E-state index in [1.807, 2.05) is 0 Å². The second-order valence-corrected chi connectivity index (χ2v) is 6.79. The first kappa shape index (κ1) is 19.1. The second kappa shape index (κ2) is 7.54. The Bertz CT molecular complexity index is 889. The van der Waals surface area contributed by atoms with E-state index in [9.17, 15) is 22.8 Å². The monoisotopic (exact) mass is 379 g/mol. The summed E-state index contributed by atoms with van der Waals surface area (Å²) in [4.78, 5) is 24.4. The summed E-state index contributed by atoms with van der Waals surface area (Å²) in [6, 6.07) is 5.20. The van der Waals surface area contributed by atoms with Crippen LogP contribution in [-0.2, 0) is 25.6 Å². The number of alkyl halides is 3. The van der Waals surface area contributed by atoms with Gasteiger partial charge in [0.2, 0.25) is 0 Å². The SMILES string of the molecule is C[C@@H](Cn1nc2c(cc1=O)CCCC2)NC(=O)c1ccc(C(F)(F)F)cc1. The van der Waals surface area contributed by atoms with Crippen molar-refractivity contribution in [3.63, 3.8) is 0 Å². The van der Waals surface area contributed by atoms with Gasteiger partial charge in [-0.15, -0.1) is 0 Å². The smallest absolute Gasteiger partial charge is 0.348 e. The van der Waals surface area contributed by atoms with Gasteiger partial charge in [-0.3, -0.25) is 9.59 Å². The third-order valence-corrected chi connectivity index (χ3v) is 4.57. The Hall–Kier alpha value is -2.64. The van der Waals surface area contributed by atoms with Crippen LogP contribution in [0.5, 0.6) is 0 Å². The maximum Gasteiger partial charge on any atom is 0.416 e. The van der Waals surface area contributed by atoms with E-state index in [1.54, 1.807) is 13.0 Å². The fourth-order valence-electron chi connectivity index (χ4n) is 3.15. The molecular formula is C19H20F3N3O2. The summed E-state index contributed by atoms with van der Waals surface area (Å²) >= 11 is 0. The number of halogens is 3. The molecule has 27 heavy (non-hydrogen) atoms. The van der Waals surface area contributed by atoms with Gasteiger partial charge < -0.3 is 5.32 Å². The van der Waals surface area contributed by atoms with Crippen LogP contribution in [0.4, 0.5) is 13.2 Å². The van der Waals surface area contributed by atoms with Gasteiger partial charge in [0.1, 0.15) is 0 Å². The van der Waals surface area contributed by atoms with E-state index in [2.05, 4.69) is 10.4 Å². The van der Waals surface area contributed by atoms with Gasteiger partial charge in [0.05, 0.1) is 17.8 Å². The van der Waals surface area contributed by atoms with Crippen LogP contribution < -0.4 is 10.9 Å². The molecule has 1 aromatic heterocycles. The number of carbonyl (C=O) groups excluding carboxylic acids is 1. The van der Waals surface area contributed by atoms with Crippen molar-refractivity contribution in [1.29, 1.82) is 0 Å². The van der Waals surface area contributed by atoms with Crippen molar-refractivity contribution in [1.82, 2.24) is 15.1 Å². The topological polar surface area (TPSA) is 64.0 Å². The minimum Gasteiger partial charge on any atom is -0.348 e. The highest BCUT2D eigenvalue weighted by Crippen LogP contribution is 2.29. The fraction of sp³-hybridized carbons (Fsp3) is 0.421. The highest BCUT2D eigenvalue weighted by atomic mass is 19.4. The Morgan fingerprint density at radius 2 is 1.89 bits per heavy atom. The van der Waals surface area contributed by atoms with E-state index >= 15 is 0 Å². The van der Waals surface area contributed by atoms with Crippen molar-refractivity contribution in [3.8, 4) is 0 Å². The number of rotatable bonds is 4. The Labute approximate surface area is 154 Å². The summed E-state index contributed by atoms with van der Waals surface area (Å²) in [6.45, 7) is 1.91. The van der Waals surface area contributed by atoms with Crippen molar-refractivity contribution in [3.05, 3.63) is 63.1 Å². The molecular weight excluding hydrogens is 359 g/mol. The Balaban J connectivity index is 1.66. The van der Waals surface area contributed by atoms with E-state index in [0.29, 0.717) is 0 Å². The zero-order valence-electron chi connectivity index (χ0n) is 14.8. The molecule has 5 nitrogen and oxygen atoms in total. The van der Waals surface area contributed by atoms with Crippen LogP contribution in [0.2, 0.25) is 0 Å². The second-order valence-electron chi connectivity index (χ2n) is 6.79. The number of aromatic nitrogens is 2. The molecule has 0 spiro atoms. The molecule has 1 atom stereocenters. The molecule has 1 aliphatic carbocycles. The maximum absolute atomic E-state index is 12.6. The highest BCUT2D eigenvalue weighted by molar-refractivity contribution is 5.94. The minimum atomic E-state index is -4.44. The molecule has 8 heteroatoms. The molecule has 1 amide bonds. The maximum atomic E-state index is 12.6. The van der Waals surface area contributed by atoms with Crippen LogP contribution in [0.3, 0.4) is 0 Å². The van der Waals surface area contributed by atoms with Crippen molar-refractivity contribution in [2.45, 2.75) is 51.4 Å². The van der Waals surface area contributed by atoms with Gasteiger partial charge in [0, 0.05) is 17.7 Å². The van der Waals surface area contributed by atoms with Crippen molar-refractivity contribution in [2.75, 3.05) is 0 Å². The molecule has 1 N–H and O–H groups in total. The number of carbonyl (C=O) groups is 1. The van der Waals surface area contributed by atoms with Gasteiger partial charge in [-0.25, -0.2) is 4.68 Å². The quantitative estimate of drug-likeness (QED) is 0.888. The van der Waals surface area contributed by atoms with Gasteiger partial charge in [-0.05, 0) is 62.4 Å². The van der Waals surface area contributed by atoms with Crippen LogP contribution >= 0.6 is 0 Å². The van der Waals surface area contributed by atoms with Crippen molar-refractivity contribution in [2.24, 2.45) is 0 Å². The van der Waals surface area contributed by atoms with E-state index in [1.165, 1.54) is 4.68 Å². The molecule has 1 aliphatic rings. The molecule has 0 unspecified atom stereocenters. The third kappa shape index (κ3) is 4.56. The number of amides is 1. The van der Waals surface area contributed by atoms with Crippen LogP contribution in [0.1, 0.15) is 46.9 Å². The Morgan fingerprint density at radius 1 is 1.22 bits per heavy atom. The molecule has 0 radical (unpaired) electrons. The molecule has 0 aliphatic heterocycles. The number of fused-ring (bicyclic) bond motifs is 1. The van der Waals surface area contributed by atoms with Gasteiger partial charge >= 0.3 is 6.18 Å².